The molecule has 0 saturated carbocycles. The van der Waals surface area contributed by atoms with Crippen LogP contribution in [0.3, 0.4) is 0 Å². The van der Waals surface area contributed by atoms with Crippen molar-refractivity contribution in [3.8, 4) is 11.5 Å². The van der Waals surface area contributed by atoms with Crippen molar-refractivity contribution in [1.82, 2.24) is 8.87 Å². The molecule has 0 spiro atoms. The van der Waals surface area contributed by atoms with Crippen LogP contribution in [-0.2, 0) is 16.6 Å². The minimum atomic E-state index is -3.70. The van der Waals surface area contributed by atoms with Gasteiger partial charge in [-0.2, -0.15) is 4.31 Å². The Morgan fingerprint density at radius 1 is 0.966 bits per heavy atom. The lowest BCUT2D eigenvalue weighted by atomic mass is 10.0. The number of aromatic nitrogens is 1. The highest BCUT2D eigenvalue weighted by Crippen LogP contribution is 2.39. The molecule has 0 radical (unpaired) electrons. The van der Waals surface area contributed by atoms with Gasteiger partial charge in [-0.3, -0.25) is 0 Å². The van der Waals surface area contributed by atoms with Crippen LogP contribution in [0.15, 0.2) is 70.2 Å². The van der Waals surface area contributed by atoms with Crippen molar-refractivity contribution >= 4 is 26.0 Å². The lowest BCUT2D eigenvalue weighted by Gasteiger charge is -2.36. The molecule has 0 aliphatic carbocycles. The summed E-state index contributed by atoms with van der Waals surface area (Å²) in [6.07, 6.45) is 1.98. The molecule has 0 bridgehead atoms. The van der Waals surface area contributed by atoms with Gasteiger partial charge in [0, 0.05) is 29.5 Å². The van der Waals surface area contributed by atoms with Gasteiger partial charge < -0.3 is 14.0 Å². The van der Waals surface area contributed by atoms with Crippen molar-refractivity contribution in [1.29, 1.82) is 0 Å². The summed E-state index contributed by atoms with van der Waals surface area (Å²) in [5, 5.41) is 0. The van der Waals surface area contributed by atoms with Gasteiger partial charge in [-0.15, -0.1) is 0 Å². The van der Waals surface area contributed by atoms with E-state index in [2.05, 4.69) is 20.5 Å². The SMILES string of the molecule is COc1ccc([C@@H]2c3cccn3CCN2S(=O)(=O)c2ccc(Br)cc2)cc1OC. The summed E-state index contributed by atoms with van der Waals surface area (Å²) in [5.74, 6) is 1.17. The quantitative estimate of drug-likeness (QED) is 0.556. The summed E-state index contributed by atoms with van der Waals surface area (Å²) in [5.41, 5.74) is 1.74. The van der Waals surface area contributed by atoms with Gasteiger partial charge >= 0.3 is 0 Å². The van der Waals surface area contributed by atoms with Crippen LogP contribution in [0.2, 0.25) is 0 Å². The third kappa shape index (κ3) is 3.56. The molecule has 0 N–H and O–H groups in total. The molecule has 3 aromatic rings. The molecule has 1 atom stereocenters. The highest BCUT2D eigenvalue weighted by molar-refractivity contribution is 9.10. The molecule has 0 saturated heterocycles. The number of fused-ring (bicyclic) bond motifs is 1. The molecule has 0 fully saturated rings. The Morgan fingerprint density at radius 3 is 2.38 bits per heavy atom. The lowest BCUT2D eigenvalue weighted by Crippen LogP contribution is -2.42. The van der Waals surface area contributed by atoms with Gasteiger partial charge in [0.1, 0.15) is 0 Å². The second-order valence-electron chi connectivity index (χ2n) is 6.71. The Bertz CT molecular complexity index is 1130. The van der Waals surface area contributed by atoms with Crippen molar-refractivity contribution in [2.75, 3.05) is 20.8 Å². The second-order valence-corrected chi connectivity index (χ2v) is 9.52. The summed E-state index contributed by atoms with van der Waals surface area (Å²) >= 11 is 3.36. The van der Waals surface area contributed by atoms with Crippen molar-refractivity contribution in [2.24, 2.45) is 0 Å². The largest absolute Gasteiger partial charge is 0.493 e. The van der Waals surface area contributed by atoms with Crippen molar-refractivity contribution in [2.45, 2.75) is 17.5 Å². The van der Waals surface area contributed by atoms with Crippen molar-refractivity contribution in [3.05, 3.63) is 76.5 Å². The number of halogens is 1. The van der Waals surface area contributed by atoms with E-state index in [1.807, 2.05) is 30.5 Å². The van der Waals surface area contributed by atoms with Gasteiger partial charge in [-0.25, -0.2) is 8.42 Å². The third-order valence-corrected chi connectivity index (χ3v) is 7.55. The first-order chi connectivity index (χ1) is 14.0. The van der Waals surface area contributed by atoms with Crippen LogP contribution in [0, 0.1) is 0 Å². The molecule has 4 rings (SSSR count). The van der Waals surface area contributed by atoms with E-state index in [0.29, 0.717) is 24.6 Å². The molecule has 1 aliphatic rings. The predicted molar refractivity (Wildman–Crippen MR) is 114 cm³/mol. The third-order valence-electron chi connectivity index (χ3n) is 5.14. The van der Waals surface area contributed by atoms with E-state index in [1.165, 1.54) is 0 Å². The molecular weight excluding hydrogens is 456 g/mol. The number of hydrogen-bond acceptors (Lipinski definition) is 4. The topological polar surface area (TPSA) is 60.8 Å². The van der Waals surface area contributed by atoms with Crippen LogP contribution >= 0.6 is 15.9 Å². The van der Waals surface area contributed by atoms with Gasteiger partial charge in [0.15, 0.2) is 11.5 Å². The highest BCUT2D eigenvalue weighted by Gasteiger charge is 2.37. The number of methoxy groups -OCH3 is 2. The Labute approximate surface area is 178 Å². The number of ether oxygens (including phenoxy) is 2. The number of hydrogen-bond donors (Lipinski definition) is 0. The molecule has 152 valence electrons. The molecule has 6 nitrogen and oxygen atoms in total. The maximum atomic E-state index is 13.5. The average molecular weight is 477 g/mol. The molecule has 29 heavy (non-hydrogen) atoms. The van der Waals surface area contributed by atoms with Gasteiger partial charge in [-0.1, -0.05) is 22.0 Å². The molecule has 1 aromatic heterocycles. The van der Waals surface area contributed by atoms with E-state index in [0.717, 1.165) is 15.7 Å². The molecule has 2 heterocycles. The highest BCUT2D eigenvalue weighted by atomic mass is 79.9. The lowest BCUT2D eigenvalue weighted by molar-refractivity contribution is 0.296. The Balaban J connectivity index is 1.85. The smallest absolute Gasteiger partial charge is 0.244 e. The number of benzene rings is 2. The normalized spacial score (nSPS) is 17.0. The summed E-state index contributed by atoms with van der Waals surface area (Å²) in [4.78, 5) is 0.270. The number of sulfonamides is 1. The zero-order chi connectivity index (χ0) is 20.6. The first kappa shape index (κ1) is 20.0. The zero-order valence-corrected chi connectivity index (χ0v) is 18.5. The van der Waals surface area contributed by atoms with Crippen LogP contribution in [0.1, 0.15) is 17.3 Å². The Hall–Kier alpha value is -2.29. The standard InChI is InChI=1S/C21H21BrN2O4S/c1-27-19-10-5-15(14-20(19)28-2)21-18-4-3-11-23(18)12-13-24(21)29(25,26)17-8-6-16(22)7-9-17/h3-11,14,21H,12-13H2,1-2H3/t21-/m1/s1. The number of nitrogens with zero attached hydrogens (tertiary/aromatic N) is 2. The monoisotopic (exact) mass is 476 g/mol. The molecule has 2 aromatic carbocycles. The van der Waals surface area contributed by atoms with Gasteiger partial charge in [-0.05, 0) is 54.1 Å². The Kier molecular flexibility index (Phi) is 5.42. The molecular formula is C21H21BrN2O4S. The fourth-order valence-corrected chi connectivity index (χ4v) is 5.57. The average Bonchev–Trinajstić information content (AvgIpc) is 3.21. The number of rotatable bonds is 5. The molecule has 0 unspecified atom stereocenters. The summed E-state index contributed by atoms with van der Waals surface area (Å²) in [7, 11) is -0.557. The van der Waals surface area contributed by atoms with Crippen LogP contribution in [-0.4, -0.2) is 38.1 Å². The fraction of sp³-hybridized carbons (Fsp3) is 0.238. The van der Waals surface area contributed by atoms with Crippen LogP contribution < -0.4 is 9.47 Å². The van der Waals surface area contributed by atoms with Crippen LogP contribution in [0.4, 0.5) is 0 Å². The van der Waals surface area contributed by atoms with E-state index in [1.54, 1.807) is 48.9 Å². The van der Waals surface area contributed by atoms with Crippen molar-refractivity contribution < 1.29 is 17.9 Å². The maximum absolute atomic E-state index is 13.5. The van der Waals surface area contributed by atoms with Crippen LogP contribution in [0.25, 0.3) is 0 Å². The van der Waals surface area contributed by atoms with E-state index in [-0.39, 0.29) is 4.90 Å². The minimum absolute atomic E-state index is 0.270. The maximum Gasteiger partial charge on any atom is 0.244 e. The van der Waals surface area contributed by atoms with E-state index in [4.69, 9.17) is 9.47 Å². The van der Waals surface area contributed by atoms with E-state index < -0.39 is 16.1 Å². The summed E-state index contributed by atoms with van der Waals surface area (Å²) in [6.45, 7) is 0.973. The fourth-order valence-electron chi connectivity index (χ4n) is 3.72. The summed E-state index contributed by atoms with van der Waals surface area (Å²) in [6, 6.07) is 15.7. The van der Waals surface area contributed by atoms with E-state index >= 15 is 0 Å². The predicted octanol–water partition coefficient (Wildman–Crippen LogP) is 4.06. The Morgan fingerprint density at radius 2 is 1.69 bits per heavy atom. The molecule has 0 amide bonds. The summed E-state index contributed by atoms with van der Waals surface area (Å²) < 4.78 is 42.4. The first-order valence-corrected chi connectivity index (χ1v) is 11.3. The first-order valence-electron chi connectivity index (χ1n) is 9.10. The molecule has 1 aliphatic heterocycles. The van der Waals surface area contributed by atoms with Crippen molar-refractivity contribution in [3.63, 3.8) is 0 Å². The zero-order valence-electron chi connectivity index (χ0n) is 16.1. The van der Waals surface area contributed by atoms with Gasteiger partial charge in [0.25, 0.3) is 0 Å². The van der Waals surface area contributed by atoms with E-state index in [9.17, 15) is 8.42 Å². The minimum Gasteiger partial charge on any atom is -0.493 e. The molecule has 8 heteroatoms. The van der Waals surface area contributed by atoms with Crippen LogP contribution in [0.5, 0.6) is 11.5 Å². The second kappa shape index (κ2) is 7.85. The van der Waals surface area contributed by atoms with Gasteiger partial charge in [0.2, 0.25) is 10.0 Å². The van der Waals surface area contributed by atoms with Gasteiger partial charge in [0.05, 0.1) is 25.2 Å².